The summed E-state index contributed by atoms with van der Waals surface area (Å²) >= 11 is 0. The molecule has 0 saturated heterocycles. The minimum atomic E-state index is -1.29. The lowest BCUT2D eigenvalue weighted by Gasteiger charge is -2.13. The van der Waals surface area contributed by atoms with Crippen LogP contribution in [0.2, 0.25) is 0 Å². The quantitative estimate of drug-likeness (QED) is 0.864. The van der Waals surface area contributed by atoms with Crippen molar-refractivity contribution in [2.24, 2.45) is 0 Å². The van der Waals surface area contributed by atoms with Gasteiger partial charge in [-0.1, -0.05) is 6.07 Å². The highest BCUT2D eigenvalue weighted by molar-refractivity contribution is 5.94. The monoisotopic (exact) mass is 263 g/mol. The molecule has 0 fully saturated rings. The van der Waals surface area contributed by atoms with Gasteiger partial charge >= 0.3 is 0 Å². The highest BCUT2D eigenvalue weighted by atomic mass is 19.2. The van der Waals surface area contributed by atoms with Crippen molar-refractivity contribution in [2.45, 2.75) is 13.0 Å². The Kier molecular flexibility index (Phi) is 3.79. The van der Waals surface area contributed by atoms with E-state index in [9.17, 15) is 13.6 Å². The van der Waals surface area contributed by atoms with Gasteiger partial charge in [0.15, 0.2) is 5.82 Å². The van der Waals surface area contributed by atoms with E-state index in [4.69, 9.17) is 0 Å². The fourth-order valence-electron chi connectivity index (χ4n) is 1.57. The van der Waals surface area contributed by atoms with Crippen molar-refractivity contribution in [3.8, 4) is 0 Å². The molecule has 1 unspecified atom stereocenters. The van der Waals surface area contributed by atoms with Crippen molar-refractivity contribution >= 4 is 5.91 Å². The number of amides is 1. The molecule has 1 N–H and O–H groups in total. The Bertz CT molecular complexity index is 590. The molecule has 2 aromatic heterocycles. The molecule has 98 valence electrons. The van der Waals surface area contributed by atoms with Crippen LogP contribution in [0.1, 0.15) is 29.0 Å². The first-order valence-corrected chi connectivity index (χ1v) is 5.61. The summed E-state index contributed by atoms with van der Waals surface area (Å²) in [4.78, 5) is 19.0. The summed E-state index contributed by atoms with van der Waals surface area (Å²) in [5.74, 6) is -3.26. The van der Waals surface area contributed by atoms with E-state index in [1.165, 1.54) is 0 Å². The normalized spacial score (nSPS) is 11.9. The summed E-state index contributed by atoms with van der Waals surface area (Å²) in [6.45, 7) is 1.70. The first-order valence-electron chi connectivity index (χ1n) is 5.61. The zero-order valence-corrected chi connectivity index (χ0v) is 10.1. The summed E-state index contributed by atoms with van der Waals surface area (Å²) < 4.78 is 26.3. The highest BCUT2D eigenvalue weighted by Gasteiger charge is 2.18. The van der Waals surface area contributed by atoms with Gasteiger partial charge in [0.1, 0.15) is 0 Å². The van der Waals surface area contributed by atoms with E-state index in [1.54, 1.807) is 31.3 Å². The van der Waals surface area contributed by atoms with Crippen LogP contribution in [0.15, 0.2) is 36.7 Å². The Morgan fingerprint density at radius 2 is 2.00 bits per heavy atom. The van der Waals surface area contributed by atoms with Crippen LogP contribution in [0, 0.1) is 11.8 Å². The molecule has 0 bridgehead atoms. The van der Waals surface area contributed by atoms with Crippen molar-refractivity contribution < 1.29 is 13.6 Å². The lowest BCUT2D eigenvalue weighted by atomic mass is 10.2. The average molecular weight is 263 g/mol. The predicted molar refractivity (Wildman–Crippen MR) is 64.3 cm³/mol. The molecule has 0 aliphatic rings. The number of carbonyl (C=O) groups excluding carboxylic acids is 1. The maximum Gasteiger partial charge on any atom is 0.255 e. The van der Waals surface area contributed by atoms with Crippen molar-refractivity contribution in [1.82, 2.24) is 15.3 Å². The lowest BCUT2D eigenvalue weighted by Crippen LogP contribution is -2.28. The van der Waals surface area contributed by atoms with Gasteiger partial charge in [-0.3, -0.25) is 9.78 Å². The third kappa shape index (κ3) is 2.90. The number of carbonyl (C=O) groups is 1. The van der Waals surface area contributed by atoms with E-state index in [1.807, 2.05) is 0 Å². The van der Waals surface area contributed by atoms with Gasteiger partial charge < -0.3 is 5.32 Å². The van der Waals surface area contributed by atoms with Gasteiger partial charge in [-0.2, -0.15) is 4.39 Å². The fourth-order valence-corrected chi connectivity index (χ4v) is 1.57. The molecule has 0 radical (unpaired) electrons. The summed E-state index contributed by atoms with van der Waals surface area (Å²) in [5.41, 5.74) is 0.251. The Morgan fingerprint density at radius 3 is 2.68 bits per heavy atom. The molecule has 19 heavy (non-hydrogen) atoms. The summed E-state index contributed by atoms with van der Waals surface area (Å²) in [5, 5.41) is 2.54. The second-order valence-electron chi connectivity index (χ2n) is 3.91. The van der Waals surface area contributed by atoms with Crippen molar-refractivity contribution in [3.63, 3.8) is 0 Å². The van der Waals surface area contributed by atoms with Gasteiger partial charge in [0, 0.05) is 12.4 Å². The fraction of sp³-hybridized carbons (Fsp3) is 0.154. The topological polar surface area (TPSA) is 54.9 Å². The van der Waals surface area contributed by atoms with E-state index in [-0.39, 0.29) is 5.56 Å². The van der Waals surface area contributed by atoms with Crippen molar-refractivity contribution in [3.05, 3.63) is 59.7 Å². The lowest BCUT2D eigenvalue weighted by molar-refractivity contribution is 0.0933. The van der Waals surface area contributed by atoms with Crippen molar-refractivity contribution in [2.75, 3.05) is 0 Å². The molecule has 1 amide bonds. The van der Waals surface area contributed by atoms with E-state index in [0.717, 1.165) is 12.3 Å². The number of hydrogen-bond donors (Lipinski definition) is 1. The number of halogens is 2. The van der Waals surface area contributed by atoms with Gasteiger partial charge in [-0.25, -0.2) is 9.37 Å². The minimum Gasteiger partial charge on any atom is -0.344 e. The largest absolute Gasteiger partial charge is 0.344 e. The maximum atomic E-state index is 13.4. The Balaban J connectivity index is 2.16. The first-order chi connectivity index (χ1) is 9.09. The average Bonchev–Trinajstić information content (AvgIpc) is 2.42. The van der Waals surface area contributed by atoms with Crippen LogP contribution in [-0.4, -0.2) is 15.9 Å². The number of aromatic nitrogens is 2. The van der Waals surface area contributed by atoms with Gasteiger partial charge in [0.25, 0.3) is 5.91 Å². The molecule has 1 atom stereocenters. The molecule has 0 spiro atoms. The Hall–Kier alpha value is -2.37. The molecule has 2 heterocycles. The second kappa shape index (κ2) is 5.51. The third-order valence-electron chi connectivity index (χ3n) is 2.57. The van der Waals surface area contributed by atoms with Crippen LogP contribution in [0.25, 0.3) is 0 Å². The molecule has 4 nitrogen and oxygen atoms in total. The van der Waals surface area contributed by atoms with Crippen LogP contribution in [0.4, 0.5) is 8.78 Å². The van der Waals surface area contributed by atoms with Crippen LogP contribution >= 0.6 is 0 Å². The van der Waals surface area contributed by atoms with Gasteiger partial charge in [0.2, 0.25) is 5.95 Å². The molecule has 2 aromatic rings. The van der Waals surface area contributed by atoms with E-state index >= 15 is 0 Å². The van der Waals surface area contributed by atoms with Gasteiger partial charge in [0.05, 0.1) is 17.3 Å². The Morgan fingerprint density at radius 1 is 1.21 bits per heavy atom. The summed E-state index contributed by atoms with van der Waals surface area (Å²) in [7, 11) is 0. The minimum absolute atomic E-state index is 0.379. The molecular formula is C13H11F2N3O. The second-order valence-corrected chi connectivity index (χ2v) is 3.91. The summed E-state index contributed by atoms with van der Waals surface area (Å²) in [6.07, 6.45) is 2.63. The molecule has 6 heteroatoms. The predicted octanol–water partition coefficient (Wildman–Crippen LogP) is 2.25. The van der Waals surface area contributed by atoms with Crippen LogP contribution < -0.4 is 5.32 Å². The SMILES string of the molecule is CC(NC(=O)c1ccnc(F)c1F)c1ccccn1. The molecule has 0 aromatic carbocycles. The summed E-state index contributed by atoms with van der Waals surface area (Å²) in [6, 6.07) is 5.96. The zero-order valence-electron chi connectivity index (χ0n) is 10.1. The number of pyridine rings is 2. The van der Waals surface area contributed by atoms with Gasteiger partial charge in [-0.05, 0) is 25.1 Å². The zero-order chi connectivity index (χ0) is 13.8. The van der Waals surface area contributed by atoms with Crippen molar-refractivity contribution in [1.29, 1.82) is 0 Å². The first kappa shape index (κ1) is 13.1. The van der Waals surface area contributed by atoms with E-state index < -0.39 is 23.7 Å². The van der Waals surface area contributed by atoms with E-state index in [0.29, 0.717) is 5.69 Å². The molecular weight excluding hydrogens is 252 g/mol. The number of nitrogens with zero attached hydrogens (tertiary/aromatic N) is 2. The van der Waals surface area contributed by atoms with E-state index in [2.05, 4.69) is 15.3 Å². The number of nitrogens with one attached hydrogen (secondary N) is 1. The van der Waals surface area contributed by atoms with Crippen LogP contribution in [-0.2, 0) is 0 Å². The molecule has 0 saturated carbocycles. The number of hydrogen-bond acceptors (Lipinski definition) is 3. The highest BCUT2D eigenvalue weighted by Crippen LogP contribution is 2.12. The Labute approximate surface area is 108 Å². The smallest absolute Gasteiger partial charge is 0.255 e. The third-order valence-corrected chi connectivity index (χ3v) is 2.57. The maximum absolute atomic E-state index is 13.4. The van der Waals surface area contributed by atoms with Crippen LogP contribution in [0.5, 0.6) is 0 Å². The number of rotatable bonds is 3. The molecule has 0 aliphatic carbocycles. The standard InChI is InChI=1S/C13H11F2N3O/c1-8(10-4-2-3-6-16-10)18-13(19)9-5-7-17-12(15)11(9)14/h2-8H,1H3,(H,18,19). The molecule has 2 rings (SSSR count). The molecule has 0 aliphatic heterocycles. The van der Waals surface area contributed by atoms with Crippen LogP contribution in [0.3, 0.4) is 0 Å². The van der Waals surface area contributed by atoms with Gasteiger partial charge in [-0.15, -0.1) is 0 Å².